The van der Waals surface area contributed by atoms with E-state index in [1.165, 1.54) is 12.1 Å². The van der Waals surface area contributed by atoms with Gasteiger partial charge in [-0.05, 0) is 12.1 Å². The Bertz CT molecular complexity index is 418. The first-order chi connectivity index (χ1) is 8.11. The van der Waals surface area contributed by atoms with Gasteiger partial charge in [0.25, 0.3) is 0 Å². The molecule has 0 spiro atoms. The maximum absolute atomic E-state index is 13.7. The van der Waals surface area contributed by atoms with Crippen LogP contribution in [-0.4, -0.2) is 23.9 Å². The summed E-state index contributed by atoms with van der Waals surface area (Å²) in [6.07, 6.45) is -0.293. The molecule has 0 radical (unpaired) electrons. The fourth-order valence-corrected chi connectivity index (χ4v) is 2.47. The van der Waals surface area contributed by atoms with Crippen molar-refractivity contribution in [3.8, 4) is 0 Å². The van der Waals surface area contributed by atoms with E-state index in [0.29, 0.717) is 0 Å². The molecule has 0 N–H and O–H groups in total. The van der Waals surface area contributed by atoms with Crippen LogP contribution in [0, 0.1) is 11.6 Å². The zero-order valence-electron chi connectivity index (χ0n) is 8.76. The van der Waals surface area contributed by atoms with Crippen LogP contribution < -0.4 is 0 Å². The summed E-state index contributed by atoms with van der Waals surface area (Å²) in [4.78, 5) is 0. The number of ether oxygens (including phenoxy) is 2. The zero-order valence-corrected chi connectivity index (χ0v) is 11.1. The maximum Gasteiger partial charge on any atom is 0.208 e. The van der Waals surface area contributed by atoms with Crippen molar-refractivity contribution in [1.29, 1.82) is 0 Å². The van der Waals surface area contributed by atoms with Gasteiger partial charge in [-0.15, -0.1) is 11.6 Å². The molecule has 0 aromatic heterocycles. The highest BCUT2D eigenvalue weighted by Crippen LogP contribution is 2.37. The van der Waals surface area contributed by atoms with E-state index in [1.54, 1.807) is 0 Å². The smallest absolute Gasteiger partial charge is 0.208 e. The van der Waals surface area contributed by atoms with Gasteiger partial charge in [0.05, 0.1) is 23.9 Å². The van der Waals surface area contributed by atoms with Gasteiger partial charge in [-0.2, -0.15) is 0 Å². The Morgan fingerprint density at radius 2 is 2.24 bits per heavy atom. The molecule has 0 unspecified atom stereocenters. The highest BCUT2D eigenvalue weighted by molar-refractivity contribution is 9.09. The van der Waals surface area contributed by atoms with Crippen molar-refractivity contribution >= 4 is 27.5 Å². The average molecular weight is 328 g/mol. The molecule has 2 atom stereocenters. The van der Waals surface area contributed by atoms with Gasteiger partial charge in [0.15, 0.2) is 0 Å². The van der Waals surface area contributed by atoms with Gasteiger partial charge in [0.1, 0.15) is 11.6 Å². The number of alkyl halides is 2. The first kappa shape index (κ1) is 13.2. The van der Waals surface area contributed by atoms with Crippen LogP contribution in [0.15, 0.2) is 18.2 Å². The van der Waals surface area contributed by atoms with Crippen molar-refractivity contribution in [2.24, 2.45) is 0 Å². The molecule has 17 heavy (non-hydrogen) atoms. The van der Waals surface area contributed by atoms with Crippen LogP contribution in [-0.2, 0) is 15.3 Å². The number of halogens is 4. The Kier molecular flexibility index (Phi) is 4.02. The number of benzene rings is 1. The van der Waals surface area contributed by atoms with E-state index in [4.69, 9.17) is 21.1 Å². The van der Waals surface area contributed by atoms with E-state index in [1.807, 2.05) is 0 Å². The van der Waals surface area contributed by atoms with Crippen molar-refractivity contribution in [2.75, 3.05) is 17.8 Å². The molecule has 1 aromatic carbocycles. The predicted molar refractivity (Wildman–Crippen MR) is 63.4 cm³/mol. The Morgan fingerprint density at radius 3 is 2.76 bits per heavy atom. The van der Waals surface area contributed by atoms with Crippen LogP contribution in [0.1, 0.15) is 5.56 Å². The molecule has 0 saturated carbocycles. The molecule has 1 heterocycles. The number of rotatable bonds is 3. The van der Waals surface area contributed by atoms with Gasteiger partial charge in [0, 0.05) is 11.6 Å². The SMILES string of the molecule is Fc1ccc([C@@]2(CBr)OC[C@@H](CCl)O2)c(F)c1. The molecular weight excluding hydrogens is 317 g/mol. The van der Waals surface area contributed by atoms with Crippen molar-refractivity contribution in [3.63, 3.8) is 0 Å². The minimum absolute atomic E-state index is 0.170. The second-order valence-electron chi connectivity index (χ2n) is 3.72. The molecule has 0 aliphatic carbocycles. The summed E-state index contributed by atoms with van der Waals surface area (Å²) in [5.74, 6) is -2.29. The molecule has 0 amide bonds. The fraction of sp³-hybridized carbons (Fsp3) is 0.455. The second kappa shape index (κ2) is 5.18. The average Bonchev–Trinajstić information content (AvgIpc) is 2.74. The highest BCUT2D eigenvalue weighted by atomic mass is 79.9. The first-order valence-corrected chi connectivity index (χ1v) is 6.66. The quantitative estimate of drug-likeness (QED) is 0.794. The minimum atomic E-state index is -1.22. The van der Waals surface area contributed by atoms with E-state index < -0.39 is 17.4 Å². The minimum Gasteiger partial charge on any atom is -0.342 e. The summed E-state index contributed by atoms with van der Waals surface area (Å²) in [6, 6.07) is 3.30. The van der Waals surface area contributed by atoms with Crippen LogP contribution in [0.25, 0.3) is 0 Å². The number of hydrogen-bond donors (Lipinski definition) is 0. The molecule has 1 fully saturated rings. The van der Waals surface area contributed by atoms with Gasteiger partial charge in [-0.1, -0.05) is 15.9 Å². The lowest BCUT2D eigenvalue weighted by Gasteiger charge is -2.26. The topological polar surface area (TPSA) is 18.5 Å². The highest BCUT2D eigenvalue weighted by Gasteiger charge is 2.43. The van der Waals surface area contributed by atoms with E-state index in [2.05, 4.69) is 15.9 Å². The third-order valence-electron chi connectivity index (χ3n) is 2.55. The first-order valence-electron chi connectivity index (χ1n) is 5.00. The van der Waals surface area contributed by atoms with E-state index in [-0.39, 0.29) is 29.5 Å². The summed E-state index contributed by atoms with van der Waals surface area (Å²) < 4.78 is 37.6. The summed E-state index contributed by atoms with van der Waals surface area (Å²) in [7, 11) is 0. The van der Waals surface area contributed by atoms with E-state index in [0.717, 1.165) is 6.07 Å². The van der Waals surface area contributed by atoms with Gasteiger partial charge in [-0.3, -0.25) is 0 Å². The van der Waals surface area contributed by atoms with Crippen molar-refractivity contribution in [1.82, 2.24) is 0 Å². The van der Waals surface area contributed by atoms with Crippen LogP contribution >= 0.6 is 27.5 Å². The standard InChI is InChI=1S/C11H10BrClF2O2/c12-6-11(16-5-8(4-13)17-11)9-2-1-7(14)3-10(9)15/h1-3,8H,4-6H2/t8-,11+/m1/s1. The second-order valence-corrected chi connectivity index (χ2v) is 4.59. The molecule has 1 saturated heterocycles. The van der Waals surface area contributed by atoms with Crippen molar-refractivity contribution in [2.45, 2.75) is 11.9 Å². The fourth-order valence-electron chi connectivity index (χ4n) is 1.72. The number of hydrogen-bond acceptors (Lipinski definition) is 2. The van der Waals surface area contributed by atoms with Crippen LogP contribution in [0.4, 0.5) is 8.78 Å². The third-order valence-corrected chi connectivity index (χ3v) is 3.63. The summed E-state index contributed by atoms with van der Waals surface area (Å²) in [5.41, 5.74) is 0.170. The van der Waals surface area contributed by atoms with Gasteiger partial charge >= 0.3 is 0 Å². The molecule has 1 aromatic rings. The molecule has 1 aliphatic heterocycles. The molecule has 1 aliphatic rings. The Hall–Kier alpha value is -0.230. The van der Waals surface area contributed by atoms with Crippen LogP contribution in [0.2, 0.25) is 0 Å². The molecule has 2 rings (SSSR count). The van der Waals surface area contributed by atoms with Crippen molar-refractivity contribution < 1.29 is 18.3 Å². The summed E-state index contributed by atoms with van der Waals surface area (Å²) >= 11 is 8.90. The third kappa shape index (κ3) is 2.47. The monoisotopic (exact) mass is 326 g/mol. The molecule has 2 nitrogen and oxygen atoms in total. The lowest BCUT2D eigenvalue weighted by atomic mass is 10.1. The van der Waals surface area contributed by atoms with Gasteiger partial charge < -0.3 is 9.47 Å². The van der Waals surface area contributed by atoms with Crippen LogP contribution in [0.5, 0.6) is 0 Å². The van der Waals surface area contributed by atoms with E-state index >= 15 is 0 Å². The Labute approximate surface area is 111 Å². The largest absolute Gasteiger partial charge is 0.342 e. The Balaban J connectivity index is 2.35. The normalized spacial score (nSPS) is 28.6. The van der Waals surface area contributed by atoms with Crippen molar-refractivity contribution in [3.05, 3.63) is 35.4 Å². The predicted octanol–water partition coefficient (Wildman–Crippen LogP) is 3.17. The van der Waals surface area contributed by atoms with E-state index in [9.17, 15) is 8.78 Å². The molecule has 6 heteroatoms. The lowest BCUT2D eigenvalue weighted by Crippen LogP contribution is -2.31. The molecule has 94 valence electrons. The summed E-state index contributed by atoms with van der Waals surface area (Å²) in [6.45, 7) is 0.284. The Morgan fingerprint density at radius 1 is 1.47 bits per heavy atom. The lowest BCUT2D eigenvalue weighted by molar-refractivity contribution is -0.156. The van der Waals surface area contributed by atoms with Gasteiger partial charge in [0.2, 0.25) is 5.79 Å². The molecular formula is C11H10BrClF2O2. The summed E-state index contributed by atoms with van der Waals surface area (Å²) in [5, 5.41) is 0.246. The molecule has 0 bridgehead atoms. The van der Waals surface area contributed by atoms with Crippen LogP contribution in [0.3, 0.4) is 0 Å². The maximum atomic E-state index is 13.7. The van der Waals surface area contributed by atoms with Gasteiger partial charge in [-0.25, -0.2) is 8.78 Å². The zero-order chi connectivity index (χ0) is 12.5.